The Morgan fingerprint density at radius 1 is 1.10 bits per heavy atom. The van der Waals surface area contributed by atoms with Crippen LogP contribution in [0.1, 0.15) is 69.0 Å². The van der Waals surface area contributed by atoms with Gasteiger partial charge in [0.05, 0.1) is 39.7 Å². The van der Waals surface area contributed by atoms with E-state index in [-0.39, 0.29) is 6.04 Å². The van der Waals surface area contributed by atoms with E-state index in [4.69, 9.17) is 26.4 Å². The molecule has 0 spiro atoms. The highest BCUT2D eigenvalue weighted by Gasteiger charge is 2.35. The summed E-state index contributed by atoms with van der Waals surface area (Å²) in [6.07, 6.45) is 11.1. The molecule has 2 aliphatic heterocycles. The fourth-order valence-electron chi connectivity index (χ4n) is 6.47. The normalized spacial score (nSPS) is 24.7. The van der Waals surface area contributed by atoms with Crippen molar-refractivity contribution in [2.75, 3.05) is 11.4 Å². The van der Waals surface area contributed by atoms with E-state index in [2.05, 4.69) is 42.5 Å². The Labute approximate surface area is 242 Å². The molecule has 4 aromatic heterocycles. The Morgan fingerprint density at radius 3 is 2.68 bits per heavy atom. The average Bonchev–Trinajstić information content (AvgIpc) is 3.76. The predicted molar refractivity (Wildman–Crippen MR) is 153 cm³/mol. The van der Waals surface area contributed by atoms with Crippen molar-refractivity contribution in [3.63, 3.8) is 0 Å². The van der Waals surface area contributed by atoms with E-state index in [9.17, 15) is 4.79 Å². The minimum Gasteiger partial charge on any atom is -0.351 e. The Bertz CT molecular complexity index is 1590. The van der Waals surface area contributed by atoms with Crippen molar-refractivity contribution in [1.29, 1.82) is 0 Å². The van der Waals surface area contributed by atoms with E-state index in [0.29, 0.717) is 22.3 Å². The molecule has 0 bridgehead atoms. The topological polar surface area (TPSA) is 128 Å². The Kier molecular flexibility index (Phi) is 6.74. The number of pyridine rings is 2. The van der Waals surface area contributed by atoms with Crippen molar-refractivity contribution in [3.05, 3.63) is 47.1 Å². The van der Waals surface area contributed by atoms with Crippen LogP contribution in [0, 0.1) is 11.8 Å². The number of nitrogens with one attached hydrogen (secondary N) is 2. The van der Waals surface area contributed by atoms with Crippen molar-refractivity contribution >= 4 is 34.7 Å². The van der Waals surface area contributed by atoms with Crippen molar-refractivity contribution in [2.45, 2.75) is 64.2 Å². The van der Waals surface area contributed by atoms with E-state index in [1.165, 1.54) is 25.7 Å². The summed E-state index contributed by atoms with van der Waals surface area (Å²) < 4.78 is 4.11. The van der Waals surface area contributed by atoms with Gasteiger partial charge >= 0.3 is 6.09 Å². The van der Waals surface area contributed by atoms with Gasteiger partial charge in [-0.15, -0.1) is 10.6 Å². The summed E-state index contributed by atoms with van der Waals surface area (Å²) in [4.78, 5) is 33.9. The van der Waals surface area contributed by atoms with Crippen molar-refractivity contribution < 1.29 is 9.63 Å². The summed E-state index contributed by atoms with van der Waals surface area (Å²) in [5, 5.41) is 12.0. The van der Waals surface area contributed by atoms with Gasteiger partial charge in [-0.2, -0.15) is 0 Å². The minimum absolute atomic E-state index is 0.0820. The lowest BCUT2D eigenvalue weighted by Gasteiger charge is -2.30. The standard InChI is InChI=1S/C28H33ClN10O2/c1-16-5-7-17(8-6-16)14-39-25-20(32-27(39)38-9-3-4-23(38)22-15-37(2)36-34-22)11-21(26-33-28(40)41-35-26)31-24(25)18-10-19(29)13-30-12-18/h10-13,15-17,23,26,35H,3-9,14H2,1-2H3,(H,33,40). The van der Waals surface area contributed by atoms with Gasteiger partial charge in [0.15, 0.2) is 6.17 Å². The van der Waals surface area contributed by atoms with Crippen LogP contribution in [0.5, 0.6) is 0 Å². The Hall–Kier alpha value is -3.77. The summed E-state index contributed by atoms with van der Waals surface area (Å²) >= 11 is 6.41. The largest absolute Gasteiger partial charge is 0.427 e. The molecule has 3 aliphatic rings. The average molecular weight is 577 g/mol. The van der Waals surface area contributed by atoms with Crippen LogP contribution in [0.15, 0.2) is 30.7 Å². The molecule has 214 valence electrons. The Morgan fingerprint density at radius 2 is 1.95 bits per heavy atom. The number of aryl methyl sites for hydroxylation is 1. The van der Waals surface area contributed by atoms with Gasteiger partial charge in [-0.25, -0.2) is 14.8 Å². The zero-order valence-electron chi connectivity index (χ0n) is 23.1. The SMILES string of the molecule is CC1CCC(Cn2c(N3CCCC3c3cn(C)nn3)nc3cc(C4NOC(=O)N4)nc(-c4cncc(Cl)c4)c32)CC1. The molecule has 2 unspecified atom stereocenters. The van der Waals surface area contributed by atoms with Gasteiger partial charge in [0.2, 0.25) is 5.95 Å². The highest BCUT2D eigenvalue weighted by Crippen LogP contribution is 2.41. The van der Waals surface area contributed by atoms with E-state index < -0.39 is 12.3 Å². The number of aromatic nitrogens is 7. The number of rotatable bonds is 6. The molecule has 41 heavy (non-hydrogen) atoms. The summed E-state index contributed by atoms with van der Waals surface area (Å²) in [5.74, 6) is 2.20. The molecule has 1 aliphatic carbocycles. The van der Waals surface area contributed by atoms with Gasteiger partial charge in [0.25, 0.3) is 0 Å². The molecule has 0 aromatic carbocycles. The first-order valence-corrected chi connectivity index (χ1v) is 14.7. The van der Waals surface area contributed by atoms with Crippen molar-refractivity contribution in [1.82, 2.24) is 45.3 Å². The smallest absolute Gasteiger partial charge is 0.351 e. The number of imidazole rings is 1. The van der Waals surface area contributed by atoms with E-state index in [1.807, 2.05) is 25.4 Å². The zero-order valence-corrected chi connectivity index (χ0v) is 23.9. The minimum atomic E-state index is -0.606. The number of amides is 1. The third kappa shape index (κ3) is 4.99. The van der Waals surface area contributed by atoms with Gasteiger partial charge in [-0.05, 0) is 49.7 Å². The second-order valence-electron chi connectivity index (χ2n) is 11.6. The maximum absolute atomic E-state index is 11.8. The molecule has 4 aromatic rings. The first kappa shape index (κ1) is 26.1. The summed E-state index contributed by atoms with van der Waals surface area (Å²) in [7, 11) is 1.90. The van der Waals surface area contributed by atoms with Gasteiger partial charge < -0.3 is 14.3 Å². The van der Waals surface area contributed by atoms with Crippen LogP contribution in [-0.4, -0.2) is 47.2 Å². The molecular weight excluding hydrogens is 544 g/mol. The summed E-state index contributed by atoms with van der Waals surface area (Å²) in [6, 6.07) is 3.88. The lowest BCUT2D eigenvalue weighted by molar-refractivity contribution is 0.121. The molecule has 1 amide bonds. The van der Waals surface area contributed by atoms with Crippen molar-refractivity contribution in [2.24, 2.45) is 18.9 Å². The predicted octanol–water partition coefficient (Wildman–Crippen LogP) is 4.69. The van der Waals surface area contributed by atoms with Crippen LogP contribution in [0.4, 0.5) is 10.7 Å². The molecule has 6 heterocycles. The summed E-state index contributed by atoms with van der Waals surface area (Å²) in [6.45, 7) is 4.06. The van der Waals surface area contributed by atoms with Gasteiger partial charge in [0, 0.05) is 38.1 Å². The monoisotopic (exact) mass is 576 g/mol. The first-order chi connectivity index (χ1) is 19.9. The molecule has 2 saturated heterocycles. The van der Waals surface area contributed by atoms with Crippen LogP contribution in [0.3, 0.4) is 0 Å². The second kappa shape index (κ2) is 10.6. The molecule has 2 atom stereocenters. The molecular formula is C28H33ClN10O2. The van der Waals surface area contributed by atoms with Crippen LogP contribution in [0.25, 0.3) is 22.3 Å². The van der Waals surface area contributed by atoms with Crippen LogP contribution in [-0.2, 0) is 18.4 Å². The molecule has 13 heteroatoms. The Balaban J connectivity index is 1.41. The van der Waals surface area contributed by atoms with E-state index >= 15 is 0 Å². The lowest BCUT2D eigenvalue weighted by atomic mass is 9.83. The van der Waals surface area contributed by atoms with Gasteiger partial charge in [-0.1, -0.05) is 36.6 Å². The fraction of sp³-hybridized carbons (Fsp3) is 0.500. The highest BCUT2D eigenvalue weighted by atomic mass is 35.5. The van der Waals surface area contributed by atoms with E-state index in [0.717, 1.165) is 60.1 Å². The molecule has 3 fully saturated rings. The van der Waals surface area contributed by atoms with Gasteiger partial charge in [0.1, 0.15) is 5.69 Å². The second-order valence-corrected chi connectivity index (χ2v) is 12.0. The third-order valence-electron chi connectivity index (χ3n) is 8.58. The van der Waals surface area contributed by atoms with E-state index in [1.54, 1.807) is 17.1 Å². The number of fused-ring (bicyclic) bond motifs is 1. The number of hydroxylamine groups is 1. The van der Waals surface area contributed by atoms with Gasteiger partial charge in [-0.3, -0.25) is 15.0 Å². The lowest BCUT2D eigenvalue weighted by Crippen LogP contribution is -2.28. The number of hydrogen-bond acceptors (Lipinski definition) is 9. The number of anilines is 1. The van der Waals surface area contributed by atoms with Crippen LogP contribution in [0.2, 0.25) is 5.02 Å². The highest BCUT2D eigenvalue weighted by molar-refractivity contribution is 6.30. The van der Waals surface area contributed by atoms with Crippen LogP contribution >= 0.6 is 11.6 Å². The number of carbonyl (C=O) groups is 1. The molecule has 2 N–H and O–H groups in total. The molecule has 1 saturated carbocycles. The number of hydrogen-bond donors (Lipinski definition) is 2. The zero-order chi connectivity index (χ0) is 28.1. The molecule has 7 rings (SSSR count). The number of halogens is 1. The first-order valence-electron chi connectivity index (χ1n) is 14.3. The number of nitrogens with zero attached hydrogens (tertiary/aromatic N) is 8. The van der Waals surface area contributed by atoms with Crippen LogP contribution < -0.4 is 15.7 Å². The quantitative estimate of drug-likeness (QED) is 0.336. The molecule has 0 radical (unpaired) electrons. The maximum Gasteiger partial charge on any atom is 0.427 e. The summed E-state index contributed by atoms with van der Waals surface area (Å²) in [5.41, 5.74) is 7.49. The number of carbonyl (C=O) groups excluding carboxylic acids is 1. The maximum atomic E-state index is 11.8. The molecule has 12 nitrogen and oxygen atoms in total. The fourth-order valence-corrected chi connectivity index (χ4v) is 6.65. The third-order valence-corrected chi connectivity index (χ3v) is 8.78. The van der Waals surface area contributed by atoms with Crippen molar-refractivity contribution in [3.8, 4) is 11.3 Å².